The van der Waals surface area contributed by atoms with E-state index < -0.39 is 0 Å². The van der Waals surface area contributed by atoms with E-state index in [-0.39, 0.29) is 36.3 Å². The SMILES string of the molecule is C[C@@H]1CN([C@H](C)CO)C(=O)CCCn2nncc2CO[C@@H]1CN(C)Cc1cccc(O)c1. The number of aryl methyl sites for hydroxylation is 1. The maximum atomic E-state index is 12.9. The first-order valence-electron chi connectivity index (χ1n) is 11.2. The third-order valence-corrected chi connectivity index (χ3v) is 5.99. The highest BCUT2D eigenvalue weighted by Gasteiger charge is 2.28. The van der Waals surface area contributed by atoms with Gasteiger partial charge < -0.3 is 19.8 Å². The van der Waals surface area contributed by atoms with E-state index in [2.05, 4.69) is 22.1 Å². The van der Waals surface area contributed by atoms with Gasteiger partial charge in [0, 0.05) is 38.5 Å². The van der Waals surface area contributed by atoms with Gasteiger partial charge in [0.15, 0.2) is 0 Å². The topological polar surface area (TPSA) is 104 Å². The first kappa shape index (κ1) is 24.2. The number of hydrogen-bond donors (Lipinski definition) is 2. The summed E-state index contributed by atoms with van der Waals surface area (Å²) in [5.41, 5.74) is 1.91. The number of aliphatic hydroxyl groups is 1. The lowest BCUT2D eigenvalue weighted by molar-refractivity contribution is -0.136. The predicted molar refractivity (Wildman–Crippen MR) is 120 cm³/mol. The van der Waals surface area contributed by atoms with Gasteiger partial charge in [0.2, 0.25) is 5.91 Å². The second kappa shape index (κ2) is 11.4. The molecule has 1 amide bonds. The number of benzene rings is 1. The zero-order valence-electron chi connectivity index (χ0n) is 19.2. The van der Waals surface area contributed by atoms with Crippen molar-refractivity contribution in [1.29, 1.82) is 0 Å². The summed E-state index contributed by atoms with van der Waals surface area (Å²) in [6.07, 6.45) is 2.63. The van der Waals surface area contributed by atoms with Crippen LogP contribution in [0.2, 0.25) is 0 Å². The molecule has 0 radical (unpaired) electrons. The Labute approximate surface area is 189 Å². The van der Waals surface area contributed by atoms with Gasteiger partial charge in [-0.3, -0.25) is 9.69 Å². The Morgan fingerprint density at radius 2 is 2.19 bits per heavy atom. The lowest BCUT2D eigenvalue weighted by Crippen LogP contribution is -2.47. The number of fused-ring (bicyclic) bond motifs is 1. The second-order valence-electron chi connectivity index (χ2n) is 8.82. The van der Waals surface area contributed by atoms with Crippen molar-refractivity contribution in [3.05, 3.63) is 41.7 Å². The Kier molecular flexibility index (Phi) is 8.60. The van der Waals surface area contributed by atoms with E-state index in [1.165, 1.54) is 0 Å². The quantitative estimate of drug-likeness (QED) is 0.697. The number of ether oxygens (including phenoxy) is 1. The molecule has 3 atom stereocenters. The maximum Gasteiger partial charge on any atom is 0.222 e. The molecule has 3 rings (SSSR count). The molecule has 1 aliphatic rings. The fourth-order valence-corrected chi connectivity index (χ4v) is 4.08. The molecule has 1 aromatic carbocycles. The minimum atomic E-state index is -0.250. The molecular weight excluding hydrogens is 410 g/mol. The summed E-state index contributed by atoms with van der Waals surface area (Å²) in [5, 5.41) is 27.6. The van der Waals surface area contributed by atoms with Crippen molar-refractivity contribution in [1.82, 2.24) is 24.8 Å². The molecule has 2 heterocycles. The molecule has 0 bridgehead atoms. The van der Waals surface area contributed by atoms with Gasteiger partial charge in [-0.25, -0.2) is 4.68 Å². The van der Waals surface area contributed by atoms with Crippen LogP contribution in [0.5, 0.6) is 5.75 Å². The number of likely N-dealkylation sites (N-methyl/N-ethyl adjacent to an activating group) is 1. The maximum absolute atomic E-state index is 12.9. The molecule has 2 aromatic rings. The van der Waals surface area contributed by atoms with E-state index in [1.807, 2.05) is 26.1 Å². The number of carbonyl (C=O) groups is 1. The molecule has 0 unspecified atom stereocenters. The molecule has 176 valence electrons. The van der Waals surface area contributed by atoms with Crippen LogP contribution < -0.4 is 0 Å². The van der Waals surface area contributed by atoms with Crippen molar-refractivity contribution in [2.75, 3.05) is 26.7 Å². The lowest BCUT2D eigenvalue weighted by Gasteiger charge is -2.35. The molecule has 1 aliphatic heterocycles. The van der Waals surface area contributed by atoms with Crippen molar-refractivity contribution < 1.29 is 19.7 Å². The van der Waals surface area contributed by atoms with Crippen LogP contribution in [0.3, 0.4) is 0 Å². The molecule has 9 heteroatoms. The largest absolute Gasteiger partial charge is 0.508 e. The van der Waals surface area contributed by atoms with Crippen molar-refractivity contribution >= 4 is 5.91 Å². The zero-order valence-corrected chi connectivity index (χ0v) is 19.2. The Balaban J connectivity index is 1.77. The van der Waals surface area contributed by atoms with Crippen LogP contribution in [0.4, 0.5) is 0 Å². The third kappa shape index (κ3) is 6.51. The summed E-state index contributed by atoms with van der Waals surface area (Å²) in [7, 11) is 2.02. The molecular formula is C23H35N5O4. The van der Waals surface area contributed by atoms with Gasteiger partial charge in [0.05, 0.1) is 37.3 Å². The van der Waals surface area contributed by atoms with Crippen LogP contribution in [0.15, 0.2) is 30.5 Å². The number of aromatic hydroxyl groups is 1. The molecule has 32 heavy (non-hydrogen) atoms. The van der Waals surface area contributed by atoms with Crippen molar-refractivity contribution in [2.24, 2.45) is 5.92 Å². The Morgan fingerprint density at radius 1 is 1.38 bits per heavy atom. The standard InChI is InChI=1S/C23H35N5O4/c1-17-12-27(18(2)15-29)23(31)8-5-9-28-20(11-24-25-28)16-32-22(17)14-26(3)13-19-6-4-7-21(30)10-19/h4,6-7,10-11,17-18,22,29-30H,5,8-9,12-16H2,1-3H3/t17-,18-,22-/m1/s1. The number of nitrogens with zero attached hydrogens (tertiary/aromatic N) is 5. The van der Waals surface area contributed by atoms with E-state index in [1.54, 1.807) is 27.9 Å². The van der Waals surface area contributed by atoms with E-state index >= 15 is 0 Å². The monoisotopic (exact) mass is 445 g/mol. The highest BCUT2D eigenvalue weighted by Crippen LogP contribution is 2.19. The van der Waals surface area contributed by atoms with Crippen LogP contribution in [0.25, 0.3) is 0 Å². The fourth-order valence-electron chi connectivity index (χ4n) is 4.08. The molecule has 1 aromatic heterocycles. The average Bonchev–Trinajstić information content (AvgIpc) is 3.20. The third-order valence-electron chi connectivity index (χ3n) is 5.99. The van der Waals surface area contributed by atoms with E-state index in [9.17, 15) is 15.0 Å². The number of aromatic nitrogens is 3. The summed E-state index contributed by atoms with van der Waals surface area (Å²) in [4.78, 5) is 16.9. The first-order chi connectivity index (χ1) is 15.4. The van der Waals surface area contributed by atoms with Gasteiger partial charge >= 0.3 is 0 Å². The van der Waals surface area contributed by atoms with E-state index in [4.69, 9.17) is 4.74 Å². The van der Waals surface area contributed by atoms with Crippen LogP contribution in [-0.2, 0) is 29.2 Å². The summed E-state index contributed by atoms with van der Waals surface area (Å²) < 4.78 is 8.15. The van der Waals surface area contributed by atoms with Gasteiger partial charge in [-0.2, -0.15) is 0 Å². The second-order valence-corrected chi connectivity index (χ2v) is 8.82. The molecule has 9 nitrogen and oxygen atoms in total. The minimum Gasteiger partial charge on any atom is -0.508 e. The van der Waals surface area contributed by atoms with Crippen LogP contribution >= 0.6 is 0 Å². The summed E-state index contributed by atoms with van der Waals surface area (Å²) in [5.74, 6) is 0.329. The van der Waals surface area contributed by atoms with Crippen LogP contribution in [0, 0.1) is 5.92 Å². The van der Waals surface area contributed by atoms with Crippen LogP contribution in [0.1, 0.15) is 37.9 Å². The normalized spacial score (nSPS) is 21.7. The van der Waals surface area contributed by atoms with Gasteiger partial charge in [-0.05, 0) is 38.1 Å². The van der Waals surface area contributed by atoms with Crippen molar-refractivity contribution in [2.45, 2.75) is 58.5 Å². The fraction of sp³-hybridized carbons (Fsp3) is 0.609. The number of rotatable bonds is 6. The molecule has 0 saturated carbocycles. The van der Waals surface area contributed by atoms with Gasteiger partial charge in [0.1, 0.15) is 5.75 Å². The average molecular weight is 446 g/mol. The zero-order chi connectivity index (χ0) is 23.1. The molecule has 0 aliphatic carbocycles. The van der Waals surface area contributed by atoms with Crippen molar-refractivity contribution in [3.8, 4) is 5.75 Å². The summed E-state index contributed by atoms with van der Waals surface area (Å²) >= 11 is 0. The number of carbonyl (C=O) groups excluding carboxylic acids is 1. The first-order valence-corrected chi connectivity index (χ1v) is 11.2. The number of phenolic OH excluding ortho intramolecular Hbond substituents is 1. The lowest BCUT2D eigenvalue weighted by atomic mass is 10.0. The minimum absolute atomic E-state index is 0.0347. The van der Waals surface area contributed by atoms with Crippen LogP contribution in [-0.4, -0.2) is 79.8 Å². The van der Waals surface area contributed by atoms with E-state index in [0.29, 0.717) is 45.6 Å². The molecule has 2 N–H and O–H groups in total. The number of phenols is 1. The number of hydrogen-bond acceptors (Lipinski definition) is 7. The smallest absolute Gasteiger partial charge is 0.222 e. The molecule has 0 fully saturated rings. The molecule has 0 saturated heterocycles. The van der Waals surface area contributed by atoms with E-state index in [0.717, 1.165) is 11.3 Å². The number of aliphatic hydroxyl groups excluding tert-OH is 1. The summed E-state index contributed by atoms with van der Waals surface area (Å²) in [6.45, 7) is 6.70. The highest BCUT2D eigenvalue weighted by atomic mass is 16.5. The van der Waals surface area contributed by atoms with Gasteiger partial charge in [0.25, 0.3) is 0 Å². The summed E-state index contributed by atoms with van der Waals surface area (Å²) in [6, 6.07) is 6.99. The predicted octanol–water partition coefficient (Wildman–Crippen LogP) is 1.64. The highest BCUT2D eigenvalue weighted by molar-refractivity contribution is 5.76. The Morgan fingerprint density at radius 3 is 2.94 bits per heavy atom. The number of amides is 1. The van der Waals surface area contributed by atoms with Gasteiger partial charge in [-0.15, -0.1) is 5.10 Å². The Bertz CT molecular complexity index is 874. The van der Waals surface area contributed by atoms with Crippen molar-refractivity contribution in [3.63, 3.8) is 0 Å². The Hall–Kier alpha value is -2.49. The van der Waals surface area contributed by atoms with Gasteiger partial charge in [-0.1, -0.05) is 24.3 Å². The molecule has 0 spiro atoms.